The first-order chi connectivity index (χ1) is 14.4. The molecule has 0 saturated carbocycles. The second-order valence-corrected chi connectivity index (χ2v) is 11.2. The van der Waals surface area contributed by atoms with E-state index in [0.717, 1.165) is 22.9 Å². The van der Waals surface area contributed by atoms with Crippen molar-refractivity contribution in [2.24, 2.45) is 0 Å². The number of aromatic nitrogens is 1. The molecule has 0 bridgehead atoms. The molecule has 2 nitrogen and oxygen atoms in total. The van der Waals surface area contributed by atoms with Crippen LogP contribution in [0.3, 0.4) is 0 Å². The zero-order valence-corrected chi connectivity index (χ0v) is 17.0. The summed E-state index contributed by atoms with van der Waals surface area (Å²) in [6.07, 6.45) is 4.52. The van der Waals surface area contributed by atoms with Crippen molar-refractivity contribution in [3.8, 4) is 0 Å². The molecule has 2 aromatic heterocycles. The van der Waals surface area contributed by atoms with Gasteiger partial charge in [-0.3, -0.25) is 0 Å². The zero-order chi connectivity index (χ0) is 19.5. The van der Waals surface area contributed by atoms with E-state index in [-0.39, 0.29) is 0 Å². The molecule has 0 aliphatic rings. The van der Waals surface area contributed by atoms with E-state index in [1.54, 1.807) is 6.20 Å². The summed E-state index contributed by atoms with van der Waals surface area (Å²) in [5.74, 6) is 1.01. The SMILES string of the molecule is c1ccc([PH](Cc2cc3cnccc3o2)(c2ccccc2)c2ccccc2)cc1. The Morgan fingerprint density at radius 1 is 0.655 bits per heavy atom. The van der Waals surface area contributed by atoms with E-state index in [2.05, 4.69) is 102 Å². The number of benzene rings is 3. The van der Waals surface area contributed by atoms with Gasteiger partial charge in [0, 0.05) is 0 Å². The Bertz CT molecular complexity index is 1090. The number of nitrogens with zero attached hydrogens (tertiary/aromatic N) is 1. The van der Waals surface area contributed by atoms with E-state index in [0.29, 0.717) is 0 Å². The molecule has 0 atom stereocenters. The van der Waals surface area contributed by atoms with Crippen molar-refractivity contribution in [3.63, 3.8) is 0 Å². The molecule has 2 heterocycles. The first-order valence-corrected chi connectivity index (χ1v) is 12.1. The first-order valence-electron chi connectivity index (χ1n) is 9.85. The number of furan rings is 1. The minimum absolute atomic E-state index is 0.861. The predicted molar refractivity (Wildman–Crippen MR) is 124 cm³/mol. The van der Waals surface area contributed by atoms with Gasteiger partial charge in [-0.05, 0) is 0 Å². The molecule has 142 valence electrons. The molecule has 0 N–H and O–H groups in total. The van der Waals surface area contributed by atoms with E-state index in [1.807, 2.05) is 12.3 Å². The van der Waals surface area contributed by atoms with Gasteiger partial charge in [0.05, 0.1) is 0 Å². The summed E-state index contributed by atoms with van der Waals surface area (Å²) < 4.78 is 6.28. The average molecular weight is 395 g/mol. The van der Waals surface area contributed by atoms with Crippen LogP contribution in [-0.2, 0) is 6.16 Å². The molecule has 0 radical (unpaired) electrons. The number of fused-ring (bicyclic) bond motifs is 1. The Hall–Kier alpha value is -3.22. The van der Waals surface area contributed by atoms with Crippen LogP contribution in [0.5, 0.6) is 0 Å². The van der Waals surface area contributed by atoms with E-state index in [1.165, 1.54) is 15.9 Å². The molecular formula is C26H22NOP. The number of hydrogen-bond acceptors (Lipinski definition) is 2. The van der Waals surface area contributed by atoms with E-state index >= 15 is 0 Å². The van der Waals surface area contributed by atoms with Crippen molar-refractivity contribution in [1.29, 1.82) is 0 Å². The van der Waals surface area contributed by atoms with Crippen LogP contribution in [0.1, 0.15) is 5.76 Å². The van der Waals surface area contributed by atoms with Gasteiger partial charge in [0.15, 0.2) is 0 Å². The summed E-state index contributed by atoms with van der Waals surface area (Å²) >= 11 is 0. The summed E-state index contributed by atoms with van der Waals surface area (Å²) in [5, 5.41) is 5.21. The molecule has 3 aromatic carbocycles. The Morgan fingerprint density at radius 2 is 1.17 bits per heavy atom. The average Bonchev–Trinajstić information content (AvgIpc) is 3.22. The molecule has 0 aliphatic heterocycles. The van der Waals surface area contributed by atoms with Gasteiger partial charge in [-0.15, -0.1) is 0 Å². The maximum absolute atomic E-state index is 6.28. The zero-order valence-electron chi connectivity index (χ0n) is 16.0. The monoisotopic (exact) mass is 395 g/mol. The second-order valence-electron chi connectivity index (χ2n) is 7.31. The van der Waals surface area contributed by atoms with Crippen molar-refractivity contribution in [2.45, 2.75) is 6.16 Å². The first kappa shape index (κ1) is 17.8. The fourth-order valence-corrected chi connectivity index (χ4v) is 8.86. The van der Waals surface area contributed by atoms with Crippen LogP contribution in [0.2, 0.25) is 0 Å². The minimum atomic E-state index is -2.34. The van der Waals surface area contributed by atoms with Gasteiger partial charge < -0.3 is 0 Å². The Labute approximate surface area is 171 Å². The molecule has 0 amide bonds. The van der Waals surface area contributed by atoms with Crippen LogP contribution < -0.4 is 15.9 Å². The predicted octanol–water partition coefficient (Wildman–Crippen LogP) is 5.05. The molecule has 5 rings (SSSR count). The summed E-state index contributed by atoms with van der Waals surface area (Å²) in [6.45, 7) is 0. The molecule has 0 spiro atoms. The summed E-state index contributed by atoms with van der Waals surface area (Å²) in [5.41, 5.74) is 0.895. The maximum atomic E-state index is 6.28. The Balaban J connectivity index is 1.77. The van der Waals surface area contributed by atoms with Gasteiger partial charge >= 0.3 is 171 Å². The van der Waals surface area contributed by atoms with E-state index < -0.39 is 7.26 Å². The summed E-state index contributed by atoms with van der Waals surface area (Å²) in [7, 11) is -2.34. The fourth-order valence-electron chi connectivity index (χ4n) is 4.26. The quantitative estimate of drug-likeness (QED) is 0.389. The van der Waals surface area contributed by atoms with Crippen molar-refractivity contribution in [3.05, 3.63) is 121 Å². The van der Waals surface area contributed by atoms with E-state index in [4.69, 9.17) is 4.42 Å². The van der Waals surface area contributed by atoms with Crippen LogP contribution in [0.25, 0.3) is 11.0 Å². The molecule has 5 aromatic rings. The number of rotatable bonds is 5. The topological polar surface area (TPSA) is 26.0 Å². The molecule has 0 fully saturated rings. The number of hydrogen-bond donors (Lipinski definition) is 0. The van der Waals surface area contributed by atoms with Gasteiger partial charge in [0.25, 0.3) is 0 Å². The molecule has 0 aliphatic carbocycles. The van der Waals surface area contributed by atoms with Crippen LogP contribution in [0, 0.1) is 0 Å². The second kappa shape index (κ2) is 7.66. The third-order valence-corrected chi connectivity index (χ3v) is 10.4. The molecule has 3 heteroatoms. The standard InChI is InChI=1S/C26H22NOP/c1-4-10-23(11-5-1)29(24-12-6-2-7-13-24,25-14-8-3-9-15-25)20-22-18-21-19-27-17-16-26(21)28-22/h1-19,29H,20H2. The molecule has 0 unspecified atom stereocenters. The summed E-state index contributed by atoms with van der Waals surface area (Å²) in [4.78, 5) is 4.25. The van der Waals surface area contributed by atoms with Crippen LogP contribution in [-0.4, -0.2) is 4.98 Å². The molecule has 29 heavy (non-hydrogen) atoms. The third-order valence-electron chi connectivity index (χ3n) is 5.61. The van der Waals surface area contributed by atoms with Crippen LogP contribution in [0.15, 0.2) is 120 Å². The van der Waals surface area contributed by atoms with E-state index in [9.17, 15) is 0 Å². The third kappa shape index (κ3) is 3.26. The Morgan fingerprint density at radius 3 is 1.66 bits per heavy atom. The molecular weight excluding hydrogens is 373 g/mol. The van der Waals surface area contributed by atoms with Gasteiger partial charge in [-0.25, -0.2) is 0 Å². The van der Waals surface area contributed by atoms with Crippen LogP contribution in [0.4, 0.5) is 0 Å². The van der Waals surface area contributed by atoms with Gasteiger partial charge in [-0.1, -0.05) is 0 Å². The number of pyridine rings is 1. The van der Waals surface area contributed by atoms with Crippen molar-refractivity contribution < 1.29 is 4.42 Å². The molecule has 0 saturated heterocycles. The Kier molecular flexibility index (Phi) is 4.71. The fraction of sp³-hybridized carbons (Fsp3) is 0.0385. The summed E-state index contributed by atoms with van der Waals surface area (Å²) in [6, 6.07) is 36.9. The van der Waals surface area contributed by atoms with Crippen molar-refractivity contribution in [2.75, 3.05) is 0 Å². The normalized spacial score (nSPS) is 12.1. The van der Waals surface area contributed by atoms with Gasteiger partial charge in [0.1, 0.15) is 0 Å². The van der Waals surface area contributed by atoms with Crippen molar-refractivity contribution in [1.82, 2.24) is 4.98 Å². The van der Waals surface area contributed by atoms with Crippen LogP contribution >= 0.6 is 7.26 Å². The van der Waals surface area contributed by atoms with Gasteiger partial charge in [0.2, 0.25) is 0 Å². The van der Waals surface area contributed by atoms with Gasteiger partial charge in [-0.2, -0.15) is 0 Å². The van der Waals surface area contributed by atoms with Crippen molar-refractivity contribution >= 4 is 34.1 Å².